The Morgan fingerprint density at radius 1 is 1.23 bits per heavy atom. The van der Waals surface area contributed by atoms with Gasteiger partial charge in [-0.05, 0) is 55.0 Å². The van der Waals surface area contributed by atoms with Gasteiger partial charge in [0, 0.05) is 43.0 Å². The number of benzene rings is 1. The highest BCUT2D eigenvalue weighted by atomic mass is 35.5. The van der Waals surface area contributed by atoms with E-state index < -0.39 is 10.0 Å². The summed E-state index contributed by atoms with van der Waals surface area (Å²) in [6.07, 6.45) is 8.00. The standard InChI is InChI=1S/C21H24ClN5O2S/c1-14-9-16(17-3-6-23-12-19(17)22)10-18-20(14)24-13-25-21(18)27-7-4-15(5-8-27)11-26-30(2,28)29/h3,6,9-10,12-13,15,26H,4-5,7-8,11H2,1-2H3. The summed E-state index contributed by atoms with van der Waals surface area (Å²) in [5, 5.41) is 1.60. The van der Waals surface area contributed by atoms with Crippen LogP contribution in [-0.2, 0) is 10.0 Å². The number of sulfonamides is 1. The molecule has 3 aromatic rings. The second-order valence-corrected chi connectivity index (χ2v) is 10.0. The molecule has 158 valence electrons. The van der Waals surface area contributed by atoms with E-state index in [0.29, 0.717) is 17.5 Å². The van der Waals surface area contributed by atoms with E-state index >= 15 is 0 Å². The maximum atomic E-state index is 11.4. The maximum Gasteiger partial charge on any atom is 0.208 e. The summed E-state index contributed by atoms with van der Waals surface area (Å²) in [6, 6.07) is 6.09. The lowest BCUT2D eigenvalue weighted by Gasteiger charge is -2.33. The van der Waals surface area contributed by atoms with E-state index in [1.165, 1.54) is 6.26 Å². The van der Waals surface area contributed by atoms with Crippen LogP contribution in [0.2, 0.25) is 5.02 Å². The summed E-state index contributed by atoms with van der Waals surface area (Å²) in [5.41, 5.74) is 3.92. The molecular formula is C21H24ClN5O2S. The van der Waals surface area contributed by atoms with E-state index in [9.17, 15) is 8.42 Å². The number of pyridine rings is 1. The third kappa shape index (κ3) is 4.55. The smallest absolute Gasteiger partial charge is 0.208 e. The molecule has 3 heterocycles. The van der Waals surface area contributed by atoms with Gasteiger partial charge in [-0.25, -0.2) is 23.1 Å². The van der Waals surface area contributed by atoms with Gasteiger partial charge in [0.25, 0.3) is 0 Å². The minimum atomic E-state index is -3.16. The van der Waals surface area contributed by atoms with E-state index in [-0.39, 0.29) is 0 Å². The normalized spacial score (nSPS) is 15.6. The van der Waals surface area contributed by atoms with Crippen molar-refractivity contribution in [2.45, 2.75) is 19.8 Å². The lowest BCUT2D eigenvalue weighted by Crippen LogP contribution is -2.38. The number of aryl methyl sites for hydroxylation is 1. The average molecular weight is 446 g/mol. The van der Waals surface area contributed by atoms with Gasteiger partial charge >= 0.3 is 0 Å². The van der Waals surface area contributed by atoms with Crippen molar-refractivity contribution >= 4 is 38.3 Å². The van der Waals surface area contributed by atoms with Gasteiger partial charge in [-0.2, -0.15) is 0 Å². The first-order valence-electron chi connectivity index (χ1n) is 9.86. The molecule has 0 atom stereocenters. The number of halogens is 1. The van der Waals surface area contributed by atoms with Gasteiger partial charge in [-0.3, -0.25) is 4.98 Å². The van der Waals surface area contributed by atoms with Gasteiger partial charge in [0.05, 0.1) is 16.8 Å². The van der Waals surface area contributed by atoms with Crippen molar-refractivity contribution in [1.82, 2.24) is 19.7 Å². The predicted octanol–water partition coefficient (Wildman–Crippen LogP) is 3.42. The number of rotatable bonds is 5. The number of anilines is 1. The van der Waals surface area contributed by atoms with Gasteiger partial charge in [-0.15, -0.1) is 0 Å². The van der Waals surface area contributed by atoms with Crippen LogP contribution in [0.5, 0.6) is 0 Å². The Balaban J connectivity index is 1.63. The molecule has 0 spiro atoms. The zero-order valence-electron chi connectivity index (χ0n) is 17.0. The summed E-state index contributed by atoms with van der Waals surface area (Å²) >= 11 is 6.38. The van der Waals surface area contributed by atoms with Crippen molar-refractivity contribution < 1.29 is 8.42 Å². The van der Waals surface area contributed by atoms with E-state index in [4.69, 9.17) is 11.6 Å². The van der Waals surface area contributed by atoms with Crippen molar-refractivity contribution in [2.24, 2.45) is 5.92 Å². The van der Waals surface area contributed by atoms with Crippen molar-refractivity contribution in [3.05, 3.63) is 47.5 Å². The second kappa shape index (κ2) is 8.45. The quantitative estimate of drug-likeness (QED) is 0.647. The Hall–Kier alpha value is -2.29. The highest BCUT2D eigenvalue weighted by Gasteiger charge is 2.23. The van der Waals surface area contributed by atoms with Gasteiger partial charge < -0.3 is 4.90 Å². The zero-order chi connectivity index (χ0) is 21.3. The lowest BCUT2D eigenvalue weighted by molar-refractivity contribution is 0.401. The molecule has 1 aliphatic heterocycles. The fourth-order valence-electron chi connectivity index (χ4n) is 3.97. The topological polar surface area (TPSA) is 88.1 Å². The van der Waals surface area contributed by atoms with E-state index in [0.717, 1.165) is 59.3 Å². The molecular weight excluding hydrogens is 422 g/mol. The van der Waals surface area contributed by atoms with Gasteiger partial charge in [0.15, 0.2) is 0 Å². The molecule has 1 N–H and O–H groups in total. The average Bonchev–Trinajstić information content (AvgIpc) is 2.72. The number of hydrogen-bond donors (Lipinski definition) is 1. The number of fused-ring (bicyclic) bond motifs is 1. The van der Waals surface area contributed by atoms with Crippen molar-refractivity contribution in [1.29, 1.82) is 0 Å². The number of piperidine rings is 1. The van der Waals surface area contributed by atoms with Gasteiger partial charge in [-0.1, -0.05) is 11.6 Å². The highest BCUT2D eigenvalue weighted by molar-refractivity contribution is 7.88. The molecule has 1 fully saturated rings. The number of hydrogen-bond acceptors (Lipinski definition) is 6. The first kappa shape index (κ1) is 21.0. The molecule has 9 heteroatoms. The molecule has 2 aromatic heterocycles. The monoisotopic (exact) mass is 445 g/mol. The summed E-state index contributed by atoms with van der Waals surface area (Å²) in [5.74, 6) is 1.24. The summed E-state index contributed by atoms with van der Waals surface area (Å²) in [7, 11) is -3.16. The molecule has 0 aliphatic carbocycles. The van der Waals surface area contributed by atoms with Crippen LogP contribution >= 0.6 is 11.6 Å². The lowest BCUT2D eigenvalue weighted by atomic mass is 9.96. The summed E-state index contributed by atoms with van der Waals surface area (Å²) < 4.78 is 25.3. The number of nitrogens with zero attached hydrogens (tertiary/aromatic N) is 4. The summed E-state index contributed by atoms with van der Waals surface area (Å²) in [4.78, 5) is 15.4. The fraction of sp³-hybridized carbons (Fsp3) is 0.381. The van der Waals surface area contributed by atoms with Crippen molar-refractivity contribution in [3.8, 4) is 11.1 Å². The van der Waals surface area contributed by atoms with Gasteiger partial charge in [0.1, 0.15) is 12.1 Å². The Morgan fingerprint density at radius 3 is 2.70 bits per heavy atom. The third-order valence-electron chi connectivity index (χ3n) is 5.54. The maximum absolute atomic E-state index is 11.4. The van der Waals surface area contributed by atoms with Crippen molar-refractivity contribution in [3.63, 3.8) is 0 Å². The Labute approximate surface area is 181 Å². The van der Waals surface area contributed by atoms with E-state index in [1.54, 1.807) is 18.7 Å². The fourth-order valence-corrected chi connectivity index (χ4v) is 4.73. The predicted molar refractivity (Wildman–Crippen MR) is 120 cm³/mol. The summed E-state index contributed by atoms with van der Waals surface area (Å²) in [6.45, 7) is 4.17. The molecule has 1 aromatic carbocycles. The van der Waals surface area contributed by atoms with E-state index in [2.05, 4.69) is 36.7 Å². The molecule has 0 bridgehead atoms. The Bertz CT molecular complexity index is 1180. The Kier molecular flexibility index (Phi) is 5.90. The largest absolute Gasteiger partial charge is 0.356 e. The third-order valence-corrected chi connectivity index (χ3v) is 6.53. The molecule has 7 nitrogen and oxygen atoms in total. The molecule has 1 aliphatic rings. The van der Waals surface area contributed by atoms with Crippen LogP contribution in [0, 0.1) is 12.8 Å². The number of aromatic nitrogens is 3. The number of nitrogens with one attached hydrogen (secondary N) is 1. The molecule has 0 amide bonds. The van der Waals surface area contributed by atoms with E-state index in [1.807, 2.05) is 13.0 Å². The zero-order valence-corrected chi connectivity index (χ0v) is 18.5. The van der Waals surface area contributed by atoms with Crippen LogP contribution in [0.15, 0.2) is 36.9 Å². The minimum absolute atomic E-state index is 0.331. The molecule has 1 saturated heterocycles. The van der Waals surface area contributed by atoms with Crippen molar-refractivity contribution in [2.75, 3.05) is 30.8 Å². The van der Waals surface area contributed by atoms with Crippen LogP contribution in [-0.4, -0.2) is 49.3 Å². The first-order chi connectivity index (χ1) is 14.3. The van der Waals surface area contributed by atoms with Crippen LogP contribution in [0.3, 0.4) is 0 Å². The molecule has 0 radical (unpaired) electrons. The van der Waals surface area contributed by atoms with Crippen LogP contribution in [0.4, 0.5) is 5.82 Å². The molecule has 0 unspecified atom stereocenters. The van der Waals surface area contributed by atoms with Crippen LogP contribution in [0.25, 0.3) is 22.0 Å². The van der Waals surface area contributed by atoms with Crippen LogP contribution in [0.1, 0.15) is 18.4 Å². The molecule has 0 saturated carbocycles. The van der Waals surface area contributed by atoms with Gasteiger partial charge in [0.2, 0.25) is 10.0 Å². The SMILES string of the molecule is Cc1cc(-c2ccncc2Cl)cc2c(N3CCC(CNS(C)(=O)=O)CC3)ncnc12. The molecule has 4 rings (SSSR count). The first-order valence-corrected chi connectivity index (χ1v) is 12.1. The molecule has 30 heavy (non-hydrogen) atoms. The second-order valence-electron chi connectivity index (χ2n) is 7.79. The highest BCUT2D eigenvalue weighted by Crippen LogP contribution is 2.34. The Morgan fingerprint density at radius 2 is 2.00 bits per heavy atom. The van der Waals surface area contributed by atoms with Crippen LogP contribution < -0.4 is 9.62 Å². The minimum Gasteiger partial charge on any atom is -0.356 e.